The zero-order valence-corrected chi connectivity index (χ0v) is 19.5. The number of hydrogen-bond acceptors (Lipinski definition) is 7. The van der Waals surface area contributed by atoms with Crippen molar-refractivity contribution in [1.82, 2.24) is 14.8 Å². The van der Waals surface area contributed by atoms with Crippen molar-refractivity contribution in [2.45, 2.75) is 13.5 Å². The average molecular weight is 486 g/mol. The average Bonchev–Trinajstić information content (AvgIpc) is 3.26. The van der Waals surface area contributed by atoms with Crippen molar-refractivity contribution in [3.05, 3.63) is 94.3 Å². The third-order valence-corrected chi connectivity index (χ3v) is 5.52. The van der Waals surface area contributed by atoms with E-state index in [1.807, 2.05) is 42.5 Å². The lowest BCUT2D eigenvalue weighted by Crippen LogP contribution is -2.18. The highest BCUT2D eigenvalue weighted by atomic mass is 35.5. The Morgan fingerprint density at radius 2 is 1.86 bits per heavy atom. The minimum absolute atomic E-state index is 0.0645. The van der Waals surface area contributed by atoms with Gasteiger partial charge in [-0.15, -0.1) is 0 Å². The summed E-state index contributed by atoms with van der Waals surface area (Å²) in [5, 5.41) is 14.6. The SMILES string of the molecule is C/C(N)=C(/C#N)C(=O)COC(=O)c1cc(-c2ccccc2)nc2c1cnn2Cc1ccc(Cl)cc1. The van der Waals surface area contributed by atoms with Crippen LogP contribution in [0.4, 0.5) is 0 Å². The van der Waals surface area contributed by atoms with E-state index in [1.54, 1.807) is 29.0 Å². The molecule has 0 atom stereocenters. The molecular weight excluding hydrogens is 466 g/mol. The van der Waals surface area contributed by atoms with Crippen LogP contribution >= 0.6 is 11.6 Å². The van der Waals surface area contributed by atoms with Crippen LogP contribution in [-0.2, 0) is 16.1 Å². The van der Waals surface area contributed by atoms with Gasteiger partial charge < -0.3 is 10.5 Å². The molecule has 0 amide bonds. The van der Waals surface area contributed by atoms with Crippen LogP contribution in [0.25, 0.3) is 22.3 Å². The number of fused-ring (bicyclic) bond motifs is 1. The van der Waals surface area contributed by atoms with E-state index in [2.05, 4.69) is 5.10 Å². The van der Waals surface area contributed by atoms with E-state index in [1.165, 1.54) is 13.1 Å². The fourth-order valence-electron chi connectivity index (χ4n) is 3.50. The lowest BCUT2D eigenvalue weighted by atomic mass is 10.1. The van der Waals surface area contributed by atoms with Gasteiger partial charge in [0.05, 0.1) is 29.4 Å². The summed E-state index contributed by atoms with van der Waals surface area (Å²) in [5.41, 5.74) is 8.38. The molecule has 35 heavy (non-hydrogen) atoms. The summed E-state index contributed by atoms with van der Waals surface area (Å²) in [6.45, 7) is 1.23. The number of allylic oxidation sites excluding steroid dienone is 1. The molecule has 0 spiro atoms. The molecule has 2 heterocycles. The Morgan fingerprint density at radius 3 is 2.51 bits per heavy atom. The zero-order valence-electron chi connectivity index (χ0n) is 18.7. The lowest BCUT2D eigenvalue weighted by molar-refractivity contribution is -0.118. The van der Waals surface area contributed by atoms with Crippen molar-refractivity contribution in [3.63, 3.8) is 0 Å². The molecule has 0 unspecified atom stereocenters. The van der Waals surface area contributed by atoms with Crippen molar-refractivity contribution in [2.75, 3.05) is 6.61 Å². The topological polar surface area (TPSA) is 124 Å². The molecular formula is C26H20ClN5O3. The number of ether oxygens (including phenoxy) is 1. The monoisotopic (exact) mass is 485 g/mol. The zero-order chi connectivity index (χ0) is 24.9. The fraction of sp³-hybridized carbons (Fsp3) is 0.115. The molecule has 0 aliphatic carbocycles. The number of halogens is 1. The summed E-state index contributed by atoms with van der Waals surface area (Å²) in [4.78, 5) is 30.1. The van der Waals surface area contributed by atoms with E-state index in [0.717, 1.165) is 11.1 Å². The molecule has 2 aromatic carbocycles. The number of benzene rings is 2. The first kappa shape index (κ1) is 23.7. The molecule has 4 rings (SSSR count). The Morgan fingerprint density at radius 1 is 1.14 bits per heavy atom. The summed E-state index contributed by atoms with van der Waals surface area (Å²) < 4.78 is 6.94. The molecule has 0 radical (unpaired) electrons. The normalized spacial score (nSPS) is 11.6. The lowest BCUT2D eigenvalue weighted by Gasteiger charge is -2.10. The Bertz CT molecular complexity index is 1480. The number of nitrogens with two attached hydrogens (primary N) is 1. The van der Waals surface area contributed by atoms with Crippen molar-refractivity contribution >= 4 is 34.4 Å². The number of hydrogen-bond donors (Lipinski definition) is 1. The molecule has 0 bridgehead atoms. The number of nitrogens with zero attached hydrogens (tertiary/aromatic N) is 4. The van der Waals surface area contributed by atoms with Gasteiger partial charge in [0, 0.05) is 16.3 Å². The number of Topliss-reactive ketones (excluding diaryl/α,β-unsaturated/α-hetero) is 1. The predicted molar refractivity (Wildman–Crippen MR) is 131 cm³/mol. The second-order valence-electron chi connectivity index (χ2n) is 7.76. The maximum atomic E-state index is 13.0. The predicted octanol–water partition coefficient (Wildman–Crippen LogP) is 4.28. The first-order valence-electron chi connectivity index (χ1n) is 10.6. The fourth-order valence-corrected chi connectivity index (χ4v) is 3.63. The van der Waals surface area contributed by atoms with Gasteiger partial charge in [0.2, 0.25) is 5.78 Å². The number of rotatable bonds is 7. The molecule has 0 saturated carbocycles. The van der Waals surface area contributed by atoms with Crippen molar-refractivity contribution in [1.29, 1.82) is 5.26 Å². The third-order valence-electron chi connectivity index (χ3n) is 5.26. The third kappa shape index (κ3) is 5.21. The molecule has 0 fully saturated rings. The smallest absolute Gasteiger partial charge is 0.339 e. The van der Waals surface area contributed by atoms with E-state index in [0.29, 0.717) is 28.3 Å². The molecule has 0 aliphatic heterocycles. The Balaban J connectivity index is 1.73. The van der Waals surface area contributed by atoms with E-state index in [9.17, 15) is 9.59 Å². The number of ketones is 1. The first-order valence-corrected chi connectivity index (χ1v) is 11.0. The number of aromatic nitrogens is 3. The maximum Gasteiger partial charge on any atom is 0.339 e. The highest BCUT2D eigenvalue weighted by Crippen LogP contribution is 2.26. The van der Waals surface area contributed by atoms with E-state index >= 15 is 0 Å². The van der Waals surface area contributed by atoms with Gasteiger partial charge in [0.1, 0.15) is 11.6 Å². The van der Waals surface area contributed by atoms with E-state index in [-0.39, 0.29) is 16.8 Å². The minimum Gasteiger partial charge on any atom is -0.454 e. The summed E-state index contributed by atoms with van der Waals surface area (Å²) in [6, 6.07) is 20.1. The highest BCUT2D eigenvalue weighted by molar-refractivity contribution is 6.30. The summed E-state index contributed by atoms with van der Waals surface area (Å²) in [5.74, 6) is -1.41. The largest absolute Gasteiger partial charge is 0.454 e. The molecule has 8 nitrogen and oxygen atoms in total. The number of esters is 1. The van der Waals surface area contributed by atoms with Crippen LogP contribution in [0.3, 0.4) is 0 Å². The summed E-state index contributed by atoms with van der Waals surface area (Å²) in [6.07, 6.45) is 1.54. The summed E-state index contributed by atoms with van der Waals surface area (Å²) >= 11 is 5.99. The van der Waals surface area contributed by atoms with Crippen LogP contribution in [-0.4, -0.2) is 33.1 Å². The van der Waals surface area contributed by atoms with Gasteiger partial charge >= 0.3 is 5.97 Å². The van der Waals surface area contributed by atoms with Crippen molar-refractivity contribution in [3.8, 4) is 17.3 Å². The molecule has 174 valence electrons. The van der Waals surface area contributed by atoms with Crippen LogP contribution in [0.15, 0.2) is 78.1 Å². The van der Waals surface area contributed by atoms with Gasteiger partial charge in [-0.05, 0) is 30.7 Å². The van der Waals surface area contributed by atoms with Gasteiger partial charge in [-0.1, -0.05) is 54.1 Å². The molecule has 2 aromatic heterocycles. The van der Waals surface area contributed by atoms with Gasteiger partial charge in [-0.2, -0.15) is 10.4 Å². The van der Waals surface area contributed by atoms with Crippen LogP contribution in [0.2, 0.25) is 5.02 Å². The minimum atomic E-state index is -0.735. The number of carbonyl (C=O) groups is 2. The van der Waals surface area contributed by atoms with Gasteiger partial charge in [0.25, 0.3) is 0 Å². The van der Waals surface area contributed by atoms with Crippen LogP contribution in [0.5, 0.6) is 0 Å². The second kappa shape index (κ2) is 10.2. The van der Waals surface area contributed by atoms with E-state index in [4.69, 9.17) is 32.3 Å². The van der Waals surface area contributed by atoms with Crippen molar-refractivity contribution in [2.24, 2.45) is 5.73 Å². The van der Waals surface area contributed by atoms with Crippen LogP contribution in [0.1, 0.15) is 22.8 Å². The maximum absolute atomic E-state index is 13.0. The molecule has 0 saturated heterocycles. The summed E-state index contributed by atoms with van der Waals surface area (Å²) in [7, 11) is 0. The number of pyridine rings is 1. The molecule has 9 heteroatoms. The Kier molecular flexibility index (Phi) is 6.90. The standard InChI is InChI=1S/C26H20ClN5O3/c1-16(29)21(12-28)24(33)15-35-26(34)20-11-23(18-5-3-2-4-6-18)31-25-22(20)13-30-32(25)14-17-7-9-19(27)10-8-17/h2-11,13H,14-15,29H2,1H3/b21-16+. The van der Waals surface area contributed by atoms with Crippen LogP contribution < -0.4 is 5.73 Å². The number of carbonyl (C=O) groups excluding carboxylic acids is 2. The Labute approximate surface area is 206 Å². The quantitative estimate of drug-likeness (QED) is 0.235. The van der Waals surface area contributed by atoms with Crippen molar-refractivity contribution < 1.29 is 14.3 Å². The molecule has 0 aliphatic rings. The van der Waals surface area contributed by atoms with Crippen LogP contribution in [0, 0.1) is 11.3 Å². The molecule has 4 aromatic rings. The Hall–Kier alpha value is -4.48. The second-order valence-corrected chi connectivity index (χ2v) is 8.19. The van der Waals surface area contributed by atoms with Gasteiger partial charge in [0.15, 0.2) is 12.3 Å². The molecule has 2 N–H and O–H groups in total. The number of nitriles is 1. The van der Waals surface area contributed by atoms with Gasteiger partial charge in [-0.25, -0.2) is 14.5 Å². The van der Waals surface area contributed by atoms with E-state index < -0.39 is 18.4 Å². The first-order chi connectivity index (χ1) is 16.9. The highest BCUT2D eigenvalue weighted by Gasteiger charge is 2.21. The van der Waals surface area contributed by atoms with Gasteiger partial charge in [-0.3, -0.25) is 4.79 Å².